The van der Waals surface area contributed by atoms with Crippen molar-refractivity contribution in [2.75, 3.05) is 39.4 Å². The average Bonchev–Trinajstić information content (AvgIpc) is 2.71. The van der Waals surface area contributed by atoms with Gasteiger partial charge in [0.2, 0.25) is 0 Å². The summed E-state index contributed by atoms with van der Waals surface area (Å²) in [7, 11) is 0. The molecule has 0 spiro atoms. The first-order valence-electron chi connectivity index (χ1n) is 5.92. The van der Waals surface area contributed by atoms with E-state index in [1.807, 2.05) is 0 Å². The van der Waals surface area contributed by atoms with Gasteiger partial charge in [0.25, 0.3) is 0 Å². The van der Waals surface area contributed by atoms with Crippen LogP contribution in [0.3, 0.4) is 0 Å². The number of hydrogen-bond donors (Lipinski definition) is 1. The quantitative estimate of drug-likeness (QED) is 0.723. The Balaban J connectivity index is 1.81. The van der Waals surface area contributed by atoms with Gasteiger partial charge in [-0.2, -0.15) is 0 Å². The summed E-state index contributed by atoms with van der Waals surface area (Å²) in [5, 5.41) is 3.47. The van der Waals surface area contributed by atoms with Crippen molar-refractivity contribution in [2.45, 2.75) is 25.8 Å². The van der Waals surface area contributed by atoms with Gasteiger partial charge >= 0.3 is 0 Å². The number of nitrogens with zero attached hydrogens (tertiary/aromatic N) is 1. The summed E-state index contributed by atoms with van der Waals surface area (Å²) >= 11 is 0. The summed E-state index contributed by atoms with van der Waals surface area (Å²) in [5.41, 5.74) is 0. The molecule has 0 aromatic rings. The summed E-state index contributed by atoms with van der Waals surface area (Å²) in [4.78, 5) is 2.65. The maximum atomic E-state index is 5.43. The fraction of sp³-hybridized carbons (Fsp3) is 1.00. The normalized spacial score (nSPS) is 34.9. The van der Waals surface area contributed by atoms with Crippen LogP contribution in [0.1, 0.15) is 19.8 Å². The first-order valence-corrected chi connectivity index (χ1v) is 5.92. The second-order valence-corrected chi connectivity index (χ2v) is 4.49. The summed E-state index contributed by atoms with van der Waals surface area (Å²) in [6, 6.07) is 0.754. The van der Waals surface area contributed by atoms with Crippen LogP contribution in [0, 0.1) is 5.92 Å². The molecule has 0 aromatic heterocycles. The zero-order chi connectivity index (χ0) is 9.80. The first kappa shape index (κ1) is 10.4. The lowest BCUT2D eigenvalue weighted by molar-refractivity contribution is 0.121. The second-order valence-electron chi connectivity index (χ2n) is 4.49. The fourth-order valence-corrected chi connectivity index (χ4v) is 2.50. The van der Waals surface area contributed by atoms with Crippen LogP contribution in [0.25, 0.3) is 0 Å². The molecule has 2 fully saturated rings. The van der Waals surface area contributed by atoms with Gasteiger partial charge in [0.1, 0.15) is 0 Å². The van der Waals surface area contributed by atoms with Crippen LogP contribution >= 0.6 is 0 Å². The maximum Gasteiger partial charge on any atom is 0.0507 e. The van der Waals surface area contributed by atoms with E-state index in [0.29, 0.717) is 0 Å². The molecule has 0 aliphatic carbocycles. The van der Waals surface area contributed by atoms with Crippen LogP contribution in [-0.2, 0) is 4.74 Å². The fourth-order valence-electron chi connectivity index (χ4n) is 2.50. The number of ether oxygens (including phenoxy) is 1. The van der Waals surface area contributed by atoms with Gasteiger partial charge in [0.15, 0.2) is 0 Å². The number of nitrogens with one attached hydrogen (secondary N) is 1. The molecule has 0 amide bonds. The van der Waals surface area contributed by atoms with E-state index in [9.17, 15) is 0 Å². The zero-order valence-electron chi connectivity index (χ0n) is 9.17. The molecular formula is C11H22N2O. The van der Waals surface area contributed by atoms with E-state index in [1.165, 1.54) is 32.5 Å². The molecule has 3 heteroatoms. The molecule has 0 aromatic carbocycles. The van der Waals surface area contributed by atoms with Crippen molar-refractivity contribution in [1.29, 1.82) is 0 Å². The van der Waals surface area contributed by atoms with E-state index < -0.39 is 0 Å². The van der Waals surface area contributed by atoms with Crippen LogP contribution in [-0.4, -0.2) is 50.3 Å². The molecule has 1 N–H and O–H groups in total. The Labute approximate surface area is 86.8 Å². The minimum absolute atomic E-state index is 0.754. The summed E-state index contributed by atoms with van der Waals surface area (Å²) in [5.74, 6) is 0.794. The number of hydrogen-bond acceptors (Lipinski definition) is 3. The van der Waals surface area contributed by atoms with Crippen LogP contribution in [0.4, 0.5) is 0 Å². The highest BCUT2D eigenvalue weighted by Crippen LogP contribution is 2.17. The molecule has 0 bridgehead atoms. The van der Waals surface area contributed by atoms with Crippen molar-refractivity contribution >= 4 is 0 Å². The Morgan fingerprint density at radius 2 is 2.43 bits per heavy atom. The molecule has 82 valence electrons. The third kappa shape index (κ3) is 2.47. The maximum absolute atomic E-state index is 5.43. The molecule has 0 radical (unpaired) electrons. The molecule has 2 unspecified atom stereocenters. The second kappa shape index (κ2) is 5.10. The van der Waals surface area contributed by atoms with E-state index in [4.69, 9.17) is 4.74 Å². The number of piperazine rings is 1. The highest BCUT2D eigenvalue weighted by Gasteiger charge is 2.25. The van der Waals surface area contributed by atoms with Crippen molar-refractivity contribution < 1.29 is 4.74 Å². The van der Waals surface area contributed by atoms with E-state index in [-0.39, 0.29) is 0 Å². The van der Waals surface area contributed by atoms with Gasteiger partial charge < -0.3 is 10.1 Å². The van der Waals surface area contributed by atoms with Crippen molar-refractivity contribution in [3.8, 4) is 0 Å². The average molecular weight is 198 g/mol. The van der Waals surface area contributed by atoms with Gasteiger partial charge in [-0.05, 0) is 18.8 Å². The highest BCUT2D eigenvalue weighted by molar-refractivity contribution is 4.81. The Morgan fingerprint density at radius 3 is 3.14 bits per heavy atom. The van der Waals surface area contributed by atoms with Crippen LogP contribution in [0.2, 0.25) is 0 Å². The minimum Gasteiger partial charge on any atom is -0.381 e. The Bertz CT molecular complexity index is 169. The third-order valence-electron chi connectivity index (χ3n) is 3.46. The van der Waals surface area contributed by atoms with Crippen molar-refractivity contribution in [2.24, 2.45) is 5.92 Å². The van der Waals surface area contributed by atoms with E-state index in [2.05, 4.69) is 17.1 Å². The topological polar surface area (TPSA) is 24.5 Å². The molecule has 2 atom stereocenters. The van der Waals surface area contributed by atoms with Gasteiger partial charge in [0, 0.05) is 38.8 Å². The molecule has 2 aliphatic heterocycles. The predicted octanol–water partition coefficient (Wildman–Crippen LogP) is 0.707. The molecule has 0 saturated carbocycles. The lowest BCUT2D eigenvalue weighted by atomic mass is 10.0. The largest absolute Gasteiger partial charge is 0.381 e. The van der Waals surface area contributed by atoms with Crippen molar-refractivity contribution in [3.63, 3.8) is 0 Å². The molecule has 14 heavy (non-hydrogen) atoms. The van der Waals surface area contributed by atoms with E-state index >= 15 is 0 Å². The van der Waals surface area contributed by atoms with Gasteiger partial charge in [0.05, 0.1) is 6.61 Å². The monoisotopic (exact) mass is 198 g/mol. The highest BCUT2D eigenvalue weighted by atomic mass is 16.5. The Kier molecular flexibility index (Phi) is 3.79. The summed E-state index contributed by atoms with van der Waals surface area (Å²) in [6.45, 7) is 9.05. The molecule has 3 nitrogen and oxygen atoms in total. The summed E-state index contributed by atoms with van der Waals surface area (Å²) in [6.07, 6.45) is 2.53. The zero-order valence-corrected chi connectivity index (χ0v) is 9.17. The lowest BCUT2D eigenvalue weighted by Crippen LogP contribution is -2.52. The third-order valence-corrected chi connectivity index (χ3v) is 3.46. The molecular weight excluding hydrogens is 176 g/mol. The molecule has 2 rings (SSSR count). The summed E-state index contributed by atoms with van der Waals surface area (Å²) < 4.78 is 5.43. The number of rotatable bonds is 3. The minimum atomic E-state index is 0.754. The van der Waals surface area contributed by atoms with Crippen molar-refractivity contribution in [1.82, 2.24) is 10.2 Å². The predicted molar refractivity (Wildman–Crippen MR) is 57.4 cm³/mol. The van der Waals surface area contributed by atoms with Crippen molar-refractivity contribution in [3.05, 3.63) is 0 Å². The van der Waals surface area contributed by atoms with Crippen LogP contribution in [0.15, 0.2) is 0 Å². The Morgan fingerprint density at radius 1 is 1.50 bits per heavy atom. The first-order chi connectivity index (χ1) is 6.90. The standard InChI is InChI=1S/C11H22N2O/c1-2-11-7-12-4-5-13(11)8-10-3-6-14-9-10/h10-12H,2-9H2,1H3. The molecule has 2 saturated heterocycles. The lowest BCUT2D eigenvalue weighted by Gasteiger charge is -2.37. The van der Waals surface area contributed by atoms with Crippen LogP contribution < -0.4 is 5.32 Å². The van der Waals surface area contributed by atoms with Gasteiger partial charge in [-0.25, -0.2) is 0 Å². The van der Waals surface area contributed by atoms with E-state index in [0.717, 1.165) is 31.7 Å². The van der Waals surface area contributed by atoms with E-state index in [1.54, 1.807) is 0 Å². The van der Waals surface area contributed by atoms with Crippen LogP contribution in [0.5, 0.6) is 0 Å². The van der Waals surface area contributed by atoms with Gasteiger partial charge in [-0.3, -0.25) is 4.90 Å². The molecule has 2 heterocycles. The smallest absolute Gasteiger partial charge is 0.0507 e. The van der Waals surface area contributed by atoms with Gasteiger partial charge in [-0.15, -0.1) is 0 Å². The van der Waals surface area contributed by atoms with Gasteiger partial charge in [-0.1, -0.05) is 6.92 Å². The molecule has 2 aliphatic rings. The Hall–Kier alpha value is -0.120. The SMILES string of the molecule is CCC1CNCCN1CC1CCOC1.